The van der Waals surface area contributed by atoms with Crippen LogP contribution in [0.15, 0.2) is 17.3 Å². The van der Waals surface area contributed by atoms with Crippen LogP contribution in [0, 0.1) is 12.3 Å². The molecule has 0 amide bonds. The Labute approximate surface area is 99.9 Å². The summed E-state index contributed by atoms with van der Waals surface area (Å²) in [6, 6.07) is 0. The first-order valence-electron chi connectivity index (χ1n) is 5.40. The summed E-state index contributed by atoms with van der Waals surface area (Å²) in [5, 5.41) is 0. The molecule has 0 fully saturated rings. The molecule has 0 aliphatic rings. The van der Waals surface area contributed by atoms with Crippen LogP contribution in [0.3, 0.4) is 0 Å². The van der Waals surface area contributed by atoms with Gasteiger partial charge in [0.25, 0.3) is 5.56 Å². The van der Waals surface area contributed by atoms with Crippen LogP contribution in [0.2, 0.25) is 0 Å². The van der Waals surface area contributed by atoms with Crippen LogP contribution in [0.25, 0.3) is 11.0 Å². The highest BCUT2D eigenvalue weighted by Crippen LogP contribution is 2.23. The number of hydrogen-bond acceptors (Lipinski definition) is 2. The van der Waals surface area contributed by atoms with E-state index in [1.165, 1.54) is 10.9 Å². The van der Waals surface area contributed by atoms with E-state index in [-0.39, 0.29) is 11.1 Å². The molecule has 0 unspecified atom stereocenters. The van der Waals surface area contributed by atoms with Crippen molar-refractivity contribution in [2.45, 2.75) is 26.3 Å². The molecule has 2 aromatic rings. The molecule has 2 aromatic heterocycles. The third-order valence-electron chi connectivity index (χ3n) is 2.74. The van der Waals surface area contributed by atoms with Gasteiger partial charge in [-0.1, -0.05) is 5.92 Å². The van der Waals surface area contributed by atoms with Crippen molar-refractivity contribution in [2.24, 2.45) is 7.05 Å². The fourth-order valence-corrected chi connectivity index (χ4v) is 1.83. The lowest BCUT2D eigenvalue weighted by Gasteiger charge is -2.22. The molecular weight excluding hydrogens is 214 g/mol. The fourth-order valence-electron chi connectivity index (χ4n) is 1.83. The molecule has 0 atom stereocenters. The van der Waals surface area contributed by atoms with Crippen LogP contribution in [0.1, 0.15) is 26.3 Å². The standard InChI is InChI=1S/C13H15N3O/c1-6-9-7-16(13(2,3)4)11-10(9)14-8-15(5)12(11)17/h1,7-8H,2-5H3. The summed E-state index contributed by atoms with van der Waals surface area (Å²) in [4.78, 5) is 16.4. The van der Waals surface area contributed by atoms with E-state index < -0.39 is 0 Å². The lowest BCUT2D eigenvalue weighted by Crippen LogP contribution is -2.26. The Morgan fingerprint density at radius 2 is 2.06 bits per heavy atom. The molecule has 0 aliphatic carbocycles. The molecule has 0 saturated carbocycles. The molecular formula is C13H15N3O. The van der Waals surface area contributed by atoms with Gasteiger partial charge in [-0.2, -0.15) is 0 Å². The summed E-state index contributed by atoms with van der Waals surface area (Å²) in [6.45, 7) is 6.08. The summed E-state index contributed by atoms with van der Waals surface area (Å²) in [7, 11) is 1.68. The lowest BCUT2D eigenvalue weighted by molar-refractivity contribution is 0.409. The first kappa shape index (κ1) is 11.5. The molecule has 17 heavy (non-hydrogen) atoms. The van der Waals surface area contributed by atoms with Crippen molar-refractivity contribution < 1.29 is 0 Å². The Hall–Kier alpha value is -2.02. The molecule has 4 heteroatoms. The molecule has 4 nitrogen and oxygen atoms in total. The summed E-state index contributed by atoms with van der Waals surface area (Å²) in [5.74, 6) is 2.58. The third-order valence-corrected chi connectivity index (χ3v) is 2.74. The Balaban J connectivity index is 3.02. The first-order valence-corrected chi connectivity index (χ1v) is 5.40. The Morgan fingerprint density at radius 3 is 2.59 bits per heavy atom. The summed E-state index contributed by atoms with van der Waals surface area (Å²) in [5.41, 5.74) is 1.54. The number of nitrogens with zero attached hydrogens (tertiary/aromatic N) is 3. The Kier molecular flexibility index (Phi) is 2.35. The average molecular weight is 229 g/mol. The number of aromatic nitrogens is 3. The second-order valence-electron chi connectivity index (χ2n) is 5.09. The van der Waals surface area contributed by atoms with Crippen LogP contribution in [-0.4, -0.2) is 14.1 Å². The highest BCUT2D eigenvalue weighted by Gasteiger charge is 2.21. The summed E-state index contributed by atoms with van der Waals surface area (Å²) < 4.78 is 3.36. The molecule has 0 saturated heterocycles. The molecule has 88 valence electrons. The highest BCUT2D eigenvalue weighted by atomic mass is 16.1. The minimum Gasteiger partial charge on any atom is -0.335 e. The van der Waals surface area contributed by atoms with Gasteiger partial charge in [0, 0.05) is 18.8 Å². The maximum Gasteiger partial charge on any atom is 0.277 e. The van der Waals surface area contributed by atoms with Gasteiger partial charge in [-0.3, -0.25) is 4.79 Å². The molecule has 0 aliphatic heterocycles. The average Bonchev–Trinajstić information content (AvgIpc) is 2.62. The molecule has 0 N–H and O–H groups in total. The van der Waals surface area contributed by atoms with Crippen molar-refractivity contribution in [2.75, 3.05) is 0 Å². The predicted octanol–water partition coefficient (Wildman–Crippen LogP) is 1.47. The van der Waals surface area contributed by atoms with Gasteiger partial charge in [0.2, 0.25) is 0 Å². The van der Waals surface area contributed by atoms with Crippen LogP contribution < -0.4 is 5.56 Å². The van der Waals surface area contributed by atoms with Crippen molar-refractivity contribution in [1.82, 2.24) is 14.1 Å². The van der Waals surface area contributed by atoms with Crippen LogP contribution >= 0.6 is 0 Å². The van der Waals surface area contributed by atoms with Crippen LogP contribution in [-0.2, 0) is 12.6 Å². The fraction of sp³-hybridized carbons (Fsp3) is 0.385. The van der Waals surface area contributed by atoms with E-state index in [1.54, 1.807) is 7.05 Å². The molecule has 0 aromatic carbocycles. The molecule has 2 heterocycles. The maximum atomic E-state index is 12.2. The third kappa shape index (κ3) is 1.64. The minimum atomic E-state index is -0.206. The van der Waals surface area contributed by atoms with Gasteiger partial charge in [-0.15, -0.1) is 6.42 Å². The zero-order valence-corrected chi connectivity index (χ0v) is 10.5. The van der Waals surface area contributed by atoms with E-state index in [1.807, 2.05) is 31.5 Å². The van der Waals surface area contributed by atoms with E-state index >= 15 is 0 Å². The number of fused-ring (bicyclic) bond motifs is 1. The monoisotopic (exact) mass is 229 g/mol. The minimum absolute atomic E-state index is 0.0774. The van der Waals surface area contributed by atoms with Crippen molar-refractivity contribution >= 4 is 11.0 Å². The second kappa shape index (κ2) is 3.49. The maximum absolute atomic E-state index is 12.2. The van der Waals surface area contributed by atoms with E-state index in [2.05, 4.69) is 10.9 Å². The zero-order chi connectivity index (χ0) is 12.8. The van der Waals surface area contributed by atoms with Gasteiger partial charge in [-0.05, 0) is 20.8 Å². The first-order chi connectivity index (χ1) is 7.86. The lowest BCUT2D eigenvalue weighted by atomic mass is 10.1. The Morgan fingerprint density at radius 1 is 1.41 bits per heavy atom. The Bertz CT molecular complexity index is 677. The number of hydrogen-bond donors (Lipinski definition) is 0. The molecule has 0 spiro atoms. The quantitative estimate of drug-likeness (QED) is 0.642. The van der Waals surface area contributed by atoms with Crippen molar-refractivity contribution in [3.8, 4) is 12.3 Å². The van der Waals surface area contributed by atoms with Gasteiger partial charge in [-0.25, -0.2) is 4.98 Å². The largest absolute Gasteiger partial charge is 0.335 e. The van der Waals surface area contributed by atoms with E-state index in [4.69, 9.17) is 6.42 Å². The highest BCUT2D eigenvalue weighted by molar-refractivity contribution is 5.82. The number of aryl methyl sites for hydroxylation is 1. The SMILES string of the molecule is C#Cc1cn(C(C)(C)C)c2c(=O)n(C)cnc12. The topological polar surface area (TPSA) is 39.8 Å². The molecule has 2 rings (SSSR count). The van der Waals surface area contributed by atoms with Crippen LogP contribution in [0.4, 0.5) is 0 Å². The molecule has 0 bridgehead atoms. The van der Waals surface area contributed by atoms with E-state index in [0.29, 0.717) is 16.6 Å². The summed E-state index contributed by atoms with van der Waals surface area (Å²) in [6.07, 6.45) is 8.77. The summed E-state index contributed by atoms with van der Waals surface area (Å²) >= 11 is 0. The second-order valence-corrected chi connectivity index (χ2v) is 5.09. The van der Waals surface area contributed by atoms with Crippen molar-refractivity contribution in [3.05, 3.63) is 28.4 Å². The predicted molar refractivity (Wildman–Crippen MR) is 67.9 cm³/mol. The number of terminal acetylenes is 1. The zero-order valence-electron chi connectivity index (χ0n) is 10.5. The van der Waals surface area contributed by atoms with Gasteiger partial charge >= 0.3 is 0 Å². The van der Waals surface area contributed by atoms with Crippen LogP contribution in [0.5, 0.6) is 0 Å². The van der Waals surface area contributed by atoms with Crippen molar-refractivity contribution in [1.29, 1.82) is 0 Å². The normalized spacial score (nSPS) is 11.7. The van der Waals surface area contributed by atoms with Gasteiger partial charge in [0.15, 0.2) is 0 Å². The van der Waals surface area contributed by atoms with Gasteiger partial charge in [0.1, 0.15) is 11.0 Å². The van der Waals surface area contributed by atoms with E-state index in [0.717, 1.165) is 0 Å². The number of rotatable bonds is 0. The molecule has 0 radical (unpaired) electrons. The van der Waals surface area contributed by atoms with Gasteiger partial charge in [0.05, 0.1) is 11.9 Å². The smallest absolute Gasteiger partial charge is 0.277 e. The van der Waals surface area contributed by atoms with Gasteiger partial charge < -0.3 is 9.13 Å². The van der Waals surface area contributed by atoms with Crippen molar-refractivity contribution in [3.63, 3.8) is 0 Å². The van der Waals surface area contributed by atoms with E-state index in [9.17, 15) is 4.79 Å².